The summed E-state index contributed by atoms with van der Waals surface area (Å²) in [6.07, 6.45) is 1.94. The van der Waals surface area contributed by atoms with Crippen molar-refractivity contribution in [1.29, 1.82) is 0 Å². The summed E-state index contributed by atoms with van der Waals surface area (Å²) in [5.74, 6) is 1.07. The minimum absolute atomic E-state index is 0.320. The molecule has 10 nitrogen and oxygen atoms in total. The third-order valence-electron chi connectivity index (χ3n) is 6.37. The van der Waals surface area contributed by atoms with Gasteiger partial charge < -0.3 is 9.47 Å². The largest absolute Gasteiger partial charge is 0.497 e. The predicted octanol–water partition coefficient (Wildman–Crippen LogP) is 6.62. The molecule has 0 bridgehead atoms. The Labute approximate surface area is 256 Å². The number of nitrogens with zero attached hydrogens (tertiary/aromatic N) is 4. The van der Waals surface area contributed by atoms with Crippen molar-refractivity contribution in [2.45, 2.75) is 19.8 Å². The molecule has 2 heterocycles. The number of amides is 2. The van der Waals surface area contributed by atoms with Crippen molar-refractivity contribution in [3.05, 3.63) is 105 Å². The van der Waals surface area contributed by atoms with E-state index in [2.05, 4.69) is 57.0 Å². The molecule has 3 aromatic carbocycles. The van der Waals surface area contributed by atoms with Crippen LogP contribution in [-0.2, 0) is 0 Å². The second-order valence-electron chi connectivity index (χ2n) is 9.57. The molecule has 0 saturated carbocycles. The van der Waals surface area contributed by atoms with Crippen molar-refractivity contribution in [2.75, 3.05) is 24.9 Å². The predicted molar refractivity (Wildman–Crippen MR) is 169 cm³/mol. The molecule has 0 unspecified atom stereocenters. The van der Waals surface area contributed by atoms with Gasteiger partial charge in [-0.15, -0.1) is 20.4 Å². The first kappa shape index (κ1) is 29.5. The average molecular weight is 613 g/mol. The van der Waals surface area contributed by atoms with Crippen LogP contribution in [0.15, 0.2) is 72.8 Å². The molecule has 2 aromatic heterocycles. The number of anilines is 2. The van der Waals surface area contributed by atoms with Crippen molar-refractivity contribution in [3.63, 3.8) is 0 Å². The summed E-state index contributed by atoms with van der Waals surface area (Å²) in [5, 5.41) is 24.4. The Bertz CT molecular complexity index is 1640. The highest BCUT2D eigenvalue weighted by atomic mass is 32.1. The number of rotatable bonds is 10. The molecular weight excluding hydrogens is 585 g/mol. The first-order chi connectivity index (χ1) is 20.8. The Hall–Kier alpha value is -4.94. The normalized spacial score (nSPS) is 10.7. The molecule has 5 aromatic rings. The summed E-state index contributed by atoms with van der Waals surface area (Å²) in [5.41, 5.74) is 3.72. The van der Waals surface area contributed by atoms with Gasteiger partial charge in [-0.05, 0) is 71.7 Å². The summed E-state index contributed by atoms with van der Waals surface area (Å²) in [4.78, 5) is 25.6. The lowest BCUT2D eigenvalue weighted by Gasteiger charge is -2.06. The second-order valence-corrected chi connectivity index (χ2v) is 11.5. The number of hydrogen-bond donors (Lipinski definition) is 2. The number of nitrogens with one attached hydrogen (secondary N) is 2. The molecule has 5 rings (SSSR count). The Morgan fingerprint density at radius 3 is 1.51 bits per heavy atom. The topological polar surface area (TPSA) is 128 Å². The lowest BCUT2D eigenvalue weighted by atomic mass is 10.0. The highest BCUT2D eigenvalue weighted by Crippen LogP contribution is 2.34. The zero-order valence-corrected chi connectivity index (χ0v) is 25.5. The molecule has 43 heavy (non-hydrogen) atoms. The van der Waals surface area contributed by atoms with Crippen molar-refractivity contribution in [3.8, 4) is 11.5 Å². The van der Waals surface area contributed by atoms with Gasteiger partial charge in [0.1, 0.15) is 11.5 Å². The lowest BCUT2D eigenvalue weighted by Crippen LogP contribution is -2.11. The van der Waals surface area contributed by atoms with Crippen LogP contribution in [0.4, 0.5) is 10.3 Å². The van der Waals surface area contributed by atoms with E-state index in [-0.39, 0.29) is 11.8 Å². The highest BCUT2D eigenvalue weighted by molar-refractivity contribution is 7.19. The molecule has 12 heteroatoms. The summed E-state index contributed by atoms with van der Waals surface area (Å²) in [6, 6.07) is 21.8. The molecule has 0 radical (unpaired) electrons. The van der Waals surface area contributed by atoms with E-state index >= 15 is 0 Å². The number of benzene rings is 3. The van der Waals surface area contributed by atoms with Gasteiger partial charge in [0.2, 0.25) is 10.3 Å². The molecule has 0 aliphatic carbocycles. The zero-order chi connectivity index (χ0) is 30.3. The van der Waals surface area contributed by atoms with Crippen LogP contribution < -0.4 is 20.1 Å². The summed E-state index contributed by atoms with van der Waals surface area (Å²) < 4.78 is 10.3. The van der Waals surface area contributed by atoms with E-state index in [0.717, 1.165) is 5.56 Å². The van der Waals surface area contributed by atoms with Crippen molar-refractivity contribution >= 4 is 56.4 Å². The Kier molecular flexibility index (Phi) is 9.18. The molecule has 2 N–H and O–H groups in total. The van der Waals surface area contributed by atoms with E-state index in [9.17, 15) is 9.59 Å². The van der Waals surface area contributed by atoms with Gasteiger partial charge in [-0.3, -0.25) is 20.2 Å². The first-order valence-corrected chi connectivity index (χ1v) is 14.9. The van der Waals surface area contributed by atoms with Gasteiger partial charge in [0, 0.05) is 11.1 Å². The number of carbonyl (C=O) groups is 2. The van der Waals surface area contributed by atoms with Crippen LogP contribution in [0.2, 0.25) is 0 Å². The number of methoxy groups -OCH3 is 2. The molecule has 0 aliphatic heterocycles. The SMILES string of the molecule is COc1ccc(C(=O)Nc2nnc(C(=Cc3ccc(C(C)C)cc3)c3nnc(NC(=O)c4ccc(OC)cc4)s3)s2)cc1. The van der Waals surface area contributed by atoms with E-state index in [0.29, 0.717) is 54.4 Å². The minimum atomic E-state index is -0.320. The van der Waals surface area contributed by atoms with Gasteiger partial charge in [-0.1, -0.05) is 60.8 Å². The average Bonchev–Trinajstić information content (AvgIpc) is 3.70. The van der Waals surface area contributed by atoms with Crippen LogP contribution in [0.1, 0.15) is 61.6 Å². The third-order valence-corrected chi connectivity index (χ3v) is 8.11. The maximum absolute atomic E-state index is 12.8. The molecule has 0 spiro atoms. The minimum Gasteiger partial charge on any atom is -0.497 e. The van der Waals surface area contributed by atoms with Crippen LogP contribution >= 0.6 is 22.7 Å². The Balaban J connectivity index is 1.41. The van der Waals surface area contributed by atoms with E-state index in [1.54, 1.807) is 62.8 Å². The van der Waals surface area contributed by atoms with Gasteiger partial charge in [-0.25, -0.2) is 0 Å². The van der Waals surface area contributed by atoms with Crippen LogP contribution in [0.5, 0.6) is 11.5 Å². The van der Waals surface area contributed by atoms with E-state index < -0.39 is 0 Å². The number of ether oxygens (including phenoxy) is 2. The van der Waals surface area contributed by atoms with E-state index in [4.69, 9.17) is 9.47 Å². The smallest absolute Gasteiger partial charge is 0.257 e. The maximum atomic E-state index is 12.8. The number of aromatic nitrogens is 4. The monoisotopic (exact) mass is 612 g/mol. The highest BCUT2D eigenvalue weighted by Gasteiger charge is 2.19. The molecular formula is C31H28N6O4S2. The van der Waals surface area contributed by atoms with Gasteiger partial charge >= 0.3 is 0 Å². The van der Waals surface area contributed by atoms with Crippen LogP contribution in [-0.4, -0.2) is 46.4 Å². The molecule has 2 amide bonds. The third kappa shape index (κ3) is 7.29. The molecule has 0 fully saturated rings. The summed E-state index contributed by atoms with van der Waals surface area (Å²) in [6.45, 7) is 4.28. The number of carbonyl (C=O) groups excluding carboxylic acids is 2. The van der Waals surface area contributed by atoms with E-state index in [1.165, 1.54) is 28.2 Å². The van der Waals surface area contributed by atoms with Gasteiger partial charge in [0.25, 0.3) is 11.8 Å². The second kappa shape index (κ2) is 13.4. The van der Waals surface area contributed by atoms with Gasteiger partial charge in [0.05, 0.1) is 19.8 Å². The molecule has 0 saturated heterocycles. The Morgan fingerprint density at radius 1 is 0.674 bits per heavy atom. The molecule has 0 aliphatic rings. The standard InChI is InChI=1S/C31H28N6O4S2/c1-18(2)20-7-5-19(6-8-20)17-25(28-34-36-30(42-28)32-26(38)21-9-13-23(40-3)14-10-21)29-35-37-31(43-29)33-27(39)22-11-15-24(41-4)16-12-22/h5-18H,1-4H3,(H,32,36,38)(H,33,37,39). The van der Waals surface area contributed by atoms with Crippen molar-refractivity contribution in [2.24, 2.45) is 0 Å². The fraction of sp³-hybridized carbons (Fsp3) is 0.161. The van der Waals surface area contributed by atoms with Crippen molar-refractivity contribution in [1.82, 2.24) is 20.4 Å². The molecule has 218 valence electrons. The van der Waals surface area contributed by atoms with Gasteiger partial charge in [-0.2, -0.15) is 0 Å². The lowest BCUT2D eigenvalue weighted by molar-refractivity contribution is 0.101. The molecule has 0 atom stereocenters. The van der Waals surface area contributed by atoms with Crippen LogP contribution in [0, 0.1) is 0 Å². The van der Waals surface area contributed by atoms with E-state index in [1.807, 2.05) is 18.2 Å². The van der Waals surface area contributed by atoms with Crippen LogP contribution in [0.3, 0.4) is 0 Å². The fourth-order valence-electron chi connectivity index (χ4n) is 3.95. The van der Waals surface area contributed by atoms with Gasteiger partial charge in [0.15, 0.2) is 10.0 Å². The Morgan fingerprint density at radius 2 is 1.12 bits per heavy atom. The van der Waals surface area contributed by atoms with Crippen LogP contribution in [0.25, 0.3) is 11.6 Å². The zero-order valence-electron chi connectivity index (χ0n) is 23.8. The summed E-state index contributed by atoms with van der Waals surface area (Å²) >= 11 is 2.42. The maximum Gasteiger partial charge on any atom is 0.257 e. The quantitative estimate of drug-likeness (QED) is 0.180. The number of hydrogen-bond acceptors (Lipinski definition) is 10. The first-order valence-electron chi connectivity index (χ1n) is 13.2. The summed E-state index contributed by atoms with van der Waals surface area (Å²) in [7, 11) is 3.13. The fourth-order valence-corrected chi connectivity index (χ4v) is 5.52. The van der Waals surface area contributed by atoms with Crippen molar-refractivity contribution < 1.29 is 19.1 Å².